The van der Waals surface area contributed by atoms with Crippen molar-refractivity contribution in [1.82, 2.24) is 5.32 Å². The highest BCUT2D eigenvalue weighted by molar-refractivity contribution is 7.80. The van der Waals surface area contributed by atoms with Crippen molar-refractivity contribution in [2.75, 3.05) is 12.0 Å². The zero-order chi connectivity index (χ0) is 18.8. The van der Waals surface area contributed by atoms with Gasteiger partial charge in [0.05, 0.1) is 18.8 Å². The number of hydrogen-bond donors (Lipinski definition) is 1. The fourth-order valence-corrected chi connectivity index (χ4v) is 5.21. The highest BCUT2D eigenvalue weighted by atomic mass is 32.1. The summed E-state index contributed by atoms with van der Waals surface area (Å²) in [6, 6.07) is 9.30. The van der Waals surface area contributed by atoms with E-state index >= 15 is 0 Å². The van der Waals surface area contributed by atoms with E-state index in [1.54, 1.807) is 12.0 Å². The molecule has 2 aliphatic heterocycles. The number of nitrogens with zero attached hydrogens (tertiary/aromatic N) is 1. The number of nitrogens with one attached hydrogen (secondary N) is 1. The van der Waals surface area contributed by atoms with Crippen LogP contribution in [0.4, 0.5) is 14.5 Å². The van der Waals surface area contributed by atoms with Gasteiger partial charge in [-0.2, -0.15) is 0 Å². The Hall–Kier alpha value is -2.41. The standard InChI is InChI=1S/C20H18F2N2O2S/c1-25-16-6-2-4-12-17-13-5-3-9-20(13,26-18(12)16)24(19(27)23-17)15-8-7-11(21)10-14(15)22/h2,4,6-8,10,13,17H,3,5,9H2,1H3,(H,23,27)/t13-,17-,20-/m0/s1. The predicted molar refractivity (Wildman–Crippen MR) is 101 cm³/mol. The zero-order valence-corrected chi connectivity index (χ0v) is 15.5. The lowest BCUT2D eigenvalue weighted by atomic mass is 9.80. The Morgan fingerprint density at radius 3 is 2.93 bits per heavy atom. The minimum atomic E-state index is -0.812. The second-order valence-electron chi connectivity index (χ2n) is 7.18. The SMILES string of the molecule is COc1cccc2c1O[C@@]13CCC[C@H]1[C@H]2NC(=S)N3c1ccc(F)cc1F. The summed E-state index contributed by atoms with van der Waals surface area (Å²) < 4.78 is 40.2. The van der Waals surface area contributed by atoms with Crippen LogP contribution in [-0.2, 0) is 0 Å². The highest BCUT2D eigenvalue weighted by Crippen LogP contribution is 2.58. The van der Waals surface area contributed by atoms with E-state index in [1.165, 1.54) is 12.1 Å². The molecule has 1 saturated heterocycles. The molecule has 1 saturated carbocycles. The van der Waals surface area contributed by atoms with Gasteiger partial charge in [-0.15, -0.1) is 0 Å². The number of para-hydroxylation sites is 1. The molecule has 2 fully saturated rings. The molecule has 4 nitrogen and oxygen atoms in total. The average molecular weight is 388 g/mol. The monoisotopic (exact) mass is 388 g/mol. The van der Waals surface area contributed by atoms with Crippen molar-refractivity contribution in [1.29, 1.82) is 0 Å². The van der Waals surface area contributed by atoms with Crippen molar-refractivity contribution < 1.29 is 18.3 Å². The van der Waals surface area contributed by atoms with Crippen LogP contribution in [-0.4, -0.2) is 17.9 Å². The summed E-state index contributed by atoms with van der Waals surface area (Å²) in [5.74, 6) is 0.101. The summed E-state index contributed by atoms with van der Waals surface area (Å²) in [5.41, 5.74) is 0.406. The number of benzene rings is 2. The van der Waals surface area contributed by atoms with Crippen molar-refractivity contribution >= 4 is 23.0 Å². The molecule has 1 N–H and O–H groups in total. The topological polar surface area (TPSA) is 33.7 Å². The smallest absolute Gasteiger partial charge is 0.194 e. The van der Waals surface area contributed by atoms with Crippen molar-refractivity contribution in [3.8, 4) is 11.5 Å². The average Bonchev–Trinajstić information content (AvgIpc) is 3.08. The van der Waals surface area contributed by atoms with Crippen LogP contribution in [0.15, 0.2) is 36.4 Å². The molecule has 1 aliphatic carbocycles. The Labute approximate surface area is 161 Å². The van der Waals surface area contributed by atoms with E-state index < -0.39 is 17.4 Å². The molecule has 0 aromatic heterocycles. The number of fused-ring (bicyclic) bond motifs is 2. The van der Waals surface area contributed by atoms with Gasteiger partial charge in [0.1, 0.15) is 11.6 Å². The Bertz CT molecular complexity index is 954. The Balaban J connectivity index is 1.71. The van der Waals surface area contributed by atoms with Crippen molar-refractivity contribution in [2.45, 2.75) is 31.0 Å². The van der Waals surface area contributed by atoms with Gasteiger partial charge in [-0.1, -0.05) is 12.1 Å². The minimum absolute atomic E-state index is 0.0291. The number of ether oxygens (including phenoxy) is 2. The Morgan fingerprint density at radius 1 is 1.30 bits per heavy atom. The van der Waals surface area contributed by atoms with E-state index in [2.05, 4.69) is 5.32 Å². The summed E-state index contributed by atoms with van der Waals surface area (Å²) in [4.78, 5) is 1.70. The first-order chi connectivity index (χ1) is 13.0. The summed E-state index contributed by atoms with van der Waals surface area (Å²) in [6.07, 6.45) is 2.56. The largest absolute Gasteiger partial charge is 0.493 e. The maximum absolute atomic E-state index is 14.7. The molecule has 5 rings (SSSR count). The van der Waals surface area contributed by atoms with E-state index in [4.69, 9.17) is 21.7 Å². The van der Waals surface area contributed by atoms with Gasteiger partial charge in [-0.3, -0.25) is 4.90 Å². The van der Waals surface area contributed by atoms with Gasteiger partial charge >= 0.3 is 0 Å². The molecular weight excluding hydrogens is 370 g/mol. The first-order valence-electron chi connectivity index (χ1n) is 8.97. The Kier molecular flexibility index (Phi) is 3.59. The third-order valence-corrected chi connectivity index (χ3v) is 6.19. The molecule has 7 heteroatoms. The molecule has 2 aromatic rings. The molecule has 0 radical (unpaired) electrons. The molecule has 2 bridgehead atoms. The summed E-state index contributed by atoms with van der Waals surface area (Å²) >= 11 is 5.61. The molecule has 0 spiro atoms. The van der Waals surface area contributed by atoms with E-state index in [0.29, 0.717) is 23.0 Å². The van der Waals surface area contributed by atoms with Gasteiger partial charge < -0.3 is 14.8 Å². The predicted octanol–water partition coefficient (Wildman–Crippen LogP) is 4.30. The second-order valence-corrected chi connectivity index (χ2v) is 7.57. The number of halogens is 2. The van der Waals surface area contributed by atoms with Crippen molar-refractivity contribution in [3.05, 3.63) is 53.6 Å². The van der Waals surface area contributed by atoms with E-state index in [9.17, 15) is 8.78 Å². The summed E-state index contributed by atoms with van der Waals surface area (Å²) in [7, 11) is 1.60. The van der Waals surface area contributed by atoms with Crippen LogP contribution in [0.5, 0.6) is 11.5 Å². The first kappa shape index (κ1) is 16.7. The zero-order valence-electron chi connectivity index (χ0n) is 14.7. The number of methoxy groups -OCH3 is 1. The van der Waals surface area contributed by atoms with Crippen molar-refractivity contribution in [2.24, 2.45) is 5.92 Å². The maximum atomic E-state index is 14.7. The van der Waals surface area contributed by atoms with Crippen LogP contribution in [0.1, 0.15) is 30.9 Å². The van der Waals surface area contributed by atoms with E-state index in [1.807, 2.05) is 18.2 Å². The fourth-order valence-electron chi connectivity index (χ4n) is 4.83. The molecule has 3 aliphatic rings. The van der Waals surface area contributed by atoms with Gasteiger partial charge in [0.25, 0.3) is 0 Å². The number of anilines is 1. The number of hydrogen-bond acceptors (Lipinski definition) is 3. The summed E-state index contributed by atoms with van der Waals surface area (Å²) in [6.45, 7) is 0. The second kappa shape index (κ2) is 5.79. The third kappa shape index (κ3) is 2.21. The molecule has 2 aromatic carbocycles. The molecule has 2 heterocycles. The van der Waals surface area contributed by atoms with Gasteiger partial charge in [-0.25, -0.2) is 8.78 Å². The van der Waals surface area contributed by atoms with Crippen LogP contribution < -0.4 is 19.7 Å². The first-order valence-corrected chi connectivity index (χ1v) is 9.37. The molecule has 3 atom stereocenters. The van der Waals surface area contributed by atoms with Crippen LogP contribution >= 0.6 is 12.2 Å². The minimum Gasteiger partial charge on any atom is -0.493 e. The third-order valence-electron chi connectivity index (χ3n) is 5.89. The van der Waals surface area contributed by atoms with Gasteiger partial charge in [-0.05, 0) is 43.3 Å². The number of rotatable bonds is 2. The molecule has 0 amide bonds. The maximum Gasteiger partial charge on any atom is 0.194 e. The highest BCUT2D eigenvalue weighted by Gasteiger charge is 2.61. The van der Waals surface area contributed by atoms with Gasteiger partial charge in [0.15, 0.2) is 22.3 Å². The lowest BCUT2D eigenvalue weighted by Gasteiger charge is -2.56. The van der Waals surface area contributed by atoms with Crippen LogP contribution in [0.25, 0.3) is 0 Å². The fraction of sp³-hybridized carbons (Fsp3) is 0.350. The van der Waals surface area contributed by atoms with Crippen LogP contribution in [0, 0.1) is 17.6 Å². The van der Waals surface area contributed by atoms with E-state index in [0.717, 1.165) is 24.5 Å². The number of thiocarbonyl (C=S) groups is 1. The molecular formula is C20H18F2N2O2S. The summed E-state index contributed by atoms with van der Waals surface area (Å²) in [5, 5.41) is 3.76. The molecule has 27 heavy (non-hydrogen) atoms. The van der Waals surface area contributed by atoms with Gasteiger partial charge in [0, 0.05) is 24.0 Å². The Morgan fingerprint density at radius 2 is 2.15 bits per heavy atom. The van der Waals surface area contributed by atoms with Crippen LogP contribution in [0.2, 0.25) is 0 Å². The molecule has 0 unspecified atom stereocenters. The molecule has 140 valence electrons. The lowest BCUT2D eigenvalue weighted by molar-refractivity contribution is -0.00775. The van der Waals surface area contributed by atoms with Gasteiger partial charge in [0.2, 0.25) is 0 Å². The quantitative estimate of drug-likeness (QED) is 0.776. The lowest BCUT2D eigenvalue weighted by Crippen LogP contribution is -2.69. The van der Waals surface area contributed by atoms with Crippen molar-refractivity contribution in [3.63, 3.8) is 0 Å². The van der Waals surface area contributed by atoms with Crippen LogP contribution in [0.3, 0.4) is 0 Å². The normalized spacial score (nSPS) is 28.1. The van der Waals surface area contributed by atoms with E-state index in [-0.39, 0.29) is 17.6 Å².